The molecule has 19 heteroatoms. The number of aliphatic hydroxyl groups excluding tert-OH is 11. The third-order valence-corrected chi connectivity index (χ3v) is 14.1. The number of rotatable bonds is 40. The second-order valence-corrected chi connectivity index (χ2v) is 20.4. The molecule has 0 radical (unpaired) electrons. The van der Waals surface area contributed by atoms with Crippen LogP contribution in [0.1, 0.15) is 168 Å². The Labute approximate surface area is 446 Å². The second kappa shape index (κ2) is 40.0. The number of ether oxygens (including phenoxy) is 6. The van der Waals surface area contributed by atoms with Crippen molar-refractivity contribution < 1.29 is 89.4 Å². The van der Waals surface area contributed by atoms with Crippen molar-refractivity contribution in [3.8, 4) is 0 Å². The first kappa shape index (κ1) is 67.0. The minimum absolute atomic E-state index is 0.226. The summed E-state index contributed by atoms with van der Waals surface area (Å²) >= 11 is 0. The van der Waals surface area contributed by atoms with E-state index in [9.17, 15) is 61.0 Å². The fourth-order valence-corrected chi connectivity index (χ4v) is 9.33. The number of hydrogen-bond acceptors (Lipinski definition) is 18. The van der Waals surface area contributed by atoms with Gasteiger partial charge in [-0.3, -0.25) is 4.79 Å². The number of carbonyl (C=O) groups is 1. The molecule has 19 nitrogen and oxygen atoms in total. The SMILES string of the molecule is CCCCC/C=C/CC/C=C/CC/C=C/C(O)C(COC1OC(CO)C(OC2OC(CO)C(OC3OC(CO)C(O)C(O)C3O)C(O)C2O)C(O)C1O)NC(=O)CCCCCCCCC/C=C\CCCCCCCC. The fourth-order valence-electron chi connectivity index (χ4n) is 9.33. The lowest BCUT2D eigenvalue weighted by atomic mass is 9.96. The summed E-state index contributed by atoms with van der Waals surface area (Å²) in [6, 6.07) is -0.997. The highest BCUT2D eigenvalue weighted by Gasteiger charge is 2.53. The molecule has 0 bridgehead atoms. The van der Waals surface area contributed by atoms with Gasteiger partial charge in [-0.1, -0.05) is 140 Å². The van der Waals surface area contributed by atoms with Gasteiger partial charge in [0.15, 0.2) is 18.9 Å². The zero-order valence-electron chi connectivity index (χ0n) is 45.0. The number of aliphatic hydroxyl groups is 11. The Morgan fingerprint density at radius 3 is 1.36 bits per heavy atom. The van der Waals surface area contributed by atoms with E-state index in [-0.39, 0.29) is 18.9 Å². The topological polar surface area (TPSA) is 307 Å². The maximum Gasteiger partial charge on any atom is 0.220 e. The van der Waals surface area contributed by atoms with Gasteiger partial charge in [0, 0.05) is 6.42 Å². The molecule has 0 saturated carbocycles. The van der Waals surface area contributed by atoms with Crippen molar-refractivity contribution in [2.24, 2.45) is 0 Å². The largest absolute Gasteiger partial charge is 0.394 e. The average molecular weight is 1070 g/mol. The van der Waals surface area contributed by atoms with E-state index in [1.165, 1.54) is 77.0 Å². The van der Waals surface area contributed by atoms with Gasteiger partial charge in [-0.15, -0.1) is 0 Å². The molecule has 75 heavy (non-hydrogen) atoms. The molecule has 0 aromatic heterocycles. The van der Waals surface area contributed by atoms with Gasteiger partial charge >= 0.3 is 0 Å². The van der Waals surface area contributed by atoms with Crippen LogP contribution < -0.4 is 5.32 Å². The molecule has 3 aliphatic rings. The molecule has 3 saturated heterocycles. The molecule has 17 atom stereocenters. The first-order valence-corrected chi connectivity index (χ1v) is 28.4. The molecule has 17 unspecified atom stereocenters. The highest BCUT2D eigenvalue weighted by atomic mass is 16.8. The smallest absolute Gasteiger partial charge is 0.220 e. The fraction of sp³-hybridized carbons (Fsp3) is 0.839. The van der Waals surface area contributed by atoms with Crippen LogP contribution in [0.2, 0.25) is 0 Å². The van der Waals surface area contributed by atoms with Crippen LogP contribution in [0.3, 0.4) is 0 Å². The molecule has 0 aromatic carbocycles. The van der Waals surface area contributed by atoms with Crippen LogP contribution in [0.5, 0.6) is 0 Å². The lowest BCUT2D eigenvalue weighted by Crippen LogP contribution is -2.66. The van der Waals surface area contributed by atoms with Crippen molar-refractivity contribution in [1.82, 2.24) is 5.32 Å². The van der Waals surface area contributed by atoms with Crippen LogP contribution in [0.4, 0.5) is 0 Å². The van der Waals surface area contributed by atoms with Crippen molar-refractivity contribution in [3.63, 3.8) is 0 Å². The number of hydrogen-bond donors (Lipinski definition) is 12. The van der Waals surface area contributed by atoms with E-state index in [4.69, 9.17) is 28.4 Å². The normalized spacial score (nSPS) is 31.6. The standard InChI is InChI=1S/C56H99NO18/c1-3-5-7-9-11-13-15-17-18-19-20-22-24-26-28-30-32-34-44(62)57-39(40(61)33-31-29-27-25-23-21-16-14-12-10-8-6-4-2)38-70-54-50(68)47(65)52(42(36-59)72-54)75-56-51(69)48(66)53(43(37-60)73-56)74-55-49(67)46(64)45(63)41(35-58)71-55/h12,14,17-18,23,25,31,33,39-43,45-56,58-61,63-69H,3-11,13,15-16,19-22,24,26-30,32,34-38H2,1-2H3,(H,57,62)/b14-12+,18-17-,25-23+,33-31+. The van der Waals surface area contributed by atoms with Crippen LogP contribution in [-0.4, -0.2) is 193 Å². The van der Waals surface area contributed by atoms with Crippen molar-refractivity contribution in [1.29, 1.82) is 0 Å². The molecule has 436 valence electrons. The van der Waals surface area contributed by atoms with Crippen molar-refractivity contribution in [2.45, 2.75) is 272 Å². The molecule has 12 N–H and O–H groups in total. The molecule has 0 aliphatic carbocycles. The van der Waals surface area contributed by atoms with Crippen LogP contribution in [0, 0.1) is 0 Å². The van der Waals surface area contributed by atoms with Gasteiger partial charge in [-0.25, -0.2) is 0 Å². The zero-order valence-corrected chi connectivity index (χ0v) is 45.0. The average Bonchev–Trinajstić information content (AvgIpc) is 3.41. The maximum absolute atomic E-state index is 13.3. The number of amides is 1. The molecule has 3 rings (SSSR count). The summed E-state index contributed by atoms with van der Waals surface area (Å²) in [6.45, 7) is 1.62. The Morgan fingerprint density at radius 2 is 0.853 bits per heavy atom. The van der Waals surface area contributed by atoms with Crippen molar-refractivity contribution in [3.05, 3.63) is 48.6 Å². The van der Waals surface area contributed by atoms with E-state index in [2.05, 4.69) is 55.6 Å². The van der Waals surface area contributed by atoms with Gasteiger partial charge in [0.25, 0.3) is 0 Å². The Bertz CT molecular complexity index is 1570. The van der Waals surface area contributed by atoms with Gasteiger partial charge in [-0.05, 0) is 70.6 Å². The molecule has 3 aliphatic heterocycles. The monoisotopic (exact) mass is 1070 g/mol. The highest BCUT2D eigenvalue weighted by molar-refractivity contribution is 5.76. The summed E-state index contributed by atoms with van der Waals surface area (Å²) in [4.78, 5) is 13.3. The van der Waals surface area contributed by atoms with Gasteiger partial charge in [0.2, 0.25) is 5.91 Å². The number of nitrogens with one attached hydrogen (secondary N) is 1. The van der Waals surface area contributed by atoms with Crippen molar-refractivity contribution in [2.75, 3.05) is 26.4 Å². The maximum atomic E-state index is 13.3. The van der Waals surface area contributed by atoms with E-state index in [0.29, 0.717) is 12.8 Å². The number of unbranched alkanes of at least 4 members (excludes halogenated alkanes) is 18. The minimum atomic E-state index is -1.98. The number of carbonyl (C=O) groups excluding carboxylic acids is 1. The summed E-state index contributed by atoms with van der Waals surface area (Å²) in [6.07, 6.45) is 15.3. The van der Waals surface area contributed by atoms with Crippen LogP contribution in [0.25, 0.3) is 0 Å². The third-order valence-electron chi connectivity index (χ3n) is 14.1. The summed E-state index contributed by atoms with van der Waals surface area (Å²) < 4.78 is 34.1. The van der Waals surface area contributed by atoms with Gasteiger partial charge in [0.1, 0.15) is 73.2 Å². The summed E-state index contributed by atoms with van der Waals surface area (Å²) in [7, 11) is 0. The Hall–Kier alpha value is -2.25. The molecule has 3 fully saturated rings. The summed E-state index contributed by atoms with van der Waals surface area (Å²) in [5.41, 5.74) is 0. The van der Waals surface area contributed by atoms with E-state index < -0.39 is 124 Å². The molecule has 0 spiro atoms. The first-order chi connectivity index (χ1) is 36.3. The minimum Gasteiger partial charge on any atom is -0.394 e. The third kappa shape index (κ3) is 24.8. The van der Waals surface area contributed by atoms with Gasteiger partial charge in [-0.2, -0.15) is 0 Å². The molecule has 3 heterocycles. The first-order valence-electron chi connectivity index (χ1n) is 28.4. The van der Waals surface area contributed by atoms with Gasteiger partial charge < -0.3 is 89.9 Å². The van der Waals surface area contributed by atoms with E-state index in [0.717, 1.165) is 57.8 Å². The van der Waals surface area contributed by atoms with Crippen LogP contribution >= 0.6 is 0 Å². The summed E-state index contributed by atoms with van der Waals surface area (Å²) in [5, 5.41) is 120. The molecular weight excluding hydrogens is 975 g/mol. The van der Waals surface area contributed by atoms with E-state index in [1.54, 1.807) is 6.08 Å². The predicted octanol–water partition coefficient (Wildman–Crippen LogP) is 3.92. The van der Waals surface area contributed by atoms with E-state index in [1.807, 2.05) is 6.08 Å². The Morgan fingerprint density at radius 1 is 0.467 bits per heavy atom. The Kier molecular flexibility index (Phi) is 35.8. The van der Waals surface area contributed by atoms with E-state index >= 15 is 0 Å². The van der Waals surface area contributed by atoms with Crippen LogP contribution in [0.15, 0.2) is 48.6 Å². The second-order valence-electron chi connectivity index (χ2n) is 20.4. The Balaban J connectivity index is 1.54. The van der Waals surface area contributed by atoms with Crippen molar-refractivity contribution >= 4 is 5.91 Å². The lowest BCUT2D eigenvalue weighted by Gasteiger charge is -2.48. The zero-order chi connectivity index (χ0) is 54.8. The predicted molar refractivity (Wildman–Crippen MR) is 282 cm³/mol. The number of allylic oxidation sites excluding steroid dienone is 7. The molecule has 0 aromatic rings. The van der Waals surface area contributed by atoms with Crippen LogP contribution in [-0.2, 0) is 33.2 Å². The molecular formula is C56H99NO18. The summed E-state index contributed by atoms with van der Waals surface area (Å²) in [5.74, 6) is -0.298. The molecule has 1 amide bonds. The quantitative estimate of drug-likeness (QED) is 0.0306. The highest BCUT2D eigenvalue weighted by Crippen LogP contribution is 2.33. The van der Waals surface area contributed by atoms with Gasteiger partial charge in [0.05, 0.1) is 38.6 Å². The lowest BCUT2D eigenvalue weighted by molar-refractivity contribution is -0.379.